The van der Waals surface area contributed by atoms with Crippen LogP contribution in [0, 0.1) is 17.6 Å². The Morgan fingerprint density at radius 2 is 2.00 bits per heavy atom. The largest absolute Gasteiger partial charge is 0.377 e. The van der Waals surface area contributed by atoms with Crippen LogP contribution in [0.4, 0.5) is 8.78 Å². The molecule has 2 atom stereocenters. The molecule has 3 aromatic rings. The zero-order valence-corrected chi connectivity index (χ0v) is 17.3. The number of fused-ring (bicyclic) bond motifs is 1. The Balaban J connectivity index is 1.61. The summed E-state index contributed by atoms with van der Waals surface area (Å²) in [5, 5.41) is 12.2. The molecule has 0 radical (unpaired) electrons. The summed E-state index contributed by atoms with van der Waals surface area (Å²) in [6.07, 6.45) is 0.903. The van der Waals surface area contributed by atoms with E-state index >= 15 is 0 Å². The van der Waals surface area contributed by atoms with Gasteiger partial charge in [-0.25, -0.2) is 8.78 Å². The number of rotatable bonds is 7. The molecule has 0 spiro atoms. The third-order valence-electron chi connectivity index (χ3n) is 5.28. The van der Waals surface area contributed by atoms with Gasteiger partial charge in [-0.3, -0.25) is 0 Å². The first kappa shape index (κ1) is 21.2. The average molecular weight is 428 g/mol. The van der Waals surface area contributed by atoms with Crippen molar-refractivity contribution in [1.29, 1.82) is 0 Å². The molecule has 0 bridgehead atoms. The number of halogens is 2. The van der Waals surface area contributed by atoms with Gasteiger partial charge in [0.25, 0.3) is 5.89 Å². The highest BCUT2D eigenvalue weighted by Gasteiger charge is 2.31. The number of allylic oxidation sites excluding steroid dienone is 1. The van der Waals surface area contributed by atoms with E-state index < -0.39 is 17.7 Å². The van der Waals surface area contributed by atoms with Crippen LogP contribution in [-0.4, -0.2) is 27.4 Å². The van der Waals surface area contributed by atoms with Crippen LogP contribution in [0.1, 0.15) is 42.4 Å². The predicted octanol–water partition coefficient (Wildman–Crippen LogP) is 4.35. The lowest BCUT2D eigenvalue weighted by Gasteiger charge is -2.30. The Morgan fingerprint density at radius 1 is 1.23 bits per heavy atom. The fourth-order valence-corrected chi connectivity index (χ4v) is 3.69. The van der Waals surface area contributed by atoms with Crippen molar-refractivity contribution in [3.05, 3.63) is 71.0 Å². The predicted molar refractivity (Wildman–Crippen MR) is 107 cm³/mol. The highest BCUT2D eigenvalue weighted by molar-refractivity contribution is 5.61. The Morgan fingerprint density at radius 3 is 2.71 bits per heavy atom. The van der Waals surface area contributed by atoms with Gasteiger partial charge in [-0.05, 0) is 49.4 Å². The first-order valence-electron chi connectivity index (χ1n) is 9.84. The summed E-state index contributed by atoms with van der Waals surface area (Å²) < 4.78 is 44.7. The van der Waals surface area contributed by atoms with Gasteiger partial charge in [0.1, 0.15) is 31.0 Å². The van der Waals surface area contributed by atoms with E-state index in [1.807, 2.05) is 6.92 Å². The van der Waals surface area contributed by atoms with E-state index in [4.69, 9.17) is 14.0 Å². The standard InChI is InChI=1S/C22H22F2N4O3/c1-12(2)13-7-14-8-17(21-15(23)5-4-6-16(21)24)26-27-22(14)18(9-13)30-11-20-25-19(10-29-3)28-31-20/h4-6,8,13,18H,1,7,9-11H2,2-3H3. The number of hydrogen-bond acceptors (Lipinski definition) is 7. The second kappa shape index (κ2) is 8.99. The smallest absolute Gasteiger partial charge is 0.252 e. The molecular weight excluding hydrogens is 406 g/mol. The fraction of sp³-hybridized carbons (Fsp3) is 0.364. The number of benzene rings is 1. The van der Waals surface area contributed by atoms with E-state index in [2.05, 4.69) is 26.9 Å². The van der Waals surface area contributed by atoms with Gasteiger partial charge >= 0.3 is 0 Å². The molecule has 2 aromatic heterocycles. The lowest BCUT2D eigenvalue weighted by molar-refractivity contribution is 0.00405. The Bertz CT molecular complexity index is 1080. The van der Waals surface area contributed by atoms with Crippen molar-refractivity contribution in [3.8, 4) is 11.3 Å². The third kappa shape index (κ3) is 4.52. The Hall–Kier alpha value is -3.04. The van der Waals surface area contributed by atoms with E-state index in [0.29, 0.717) is 30.3 Å². The van der Waals surface area contributed by atoms with Crippen LogP contribution in [0.2, 0.25) is 0 Å². The maximum absolute atomic E-state index is 14.2. The maximum atomic E-state index is 14.2. The van der Waals surface area contributed by atoms with Crippen LogP contribution in [-0.2, 0) is 29.1 Å². The van der Waals surface area contributed by atoms with Crippen molar-refractivity contribution in [3.63, 3.8) is 0 Å². The summed E-state index contributed by atoms with van der Waals surface area (Å²) in [7, 11) is 1.54. The fourth-order valence-electron chi connectivity index (χ4n) is 3.69. The monoisotopic (exact) mass is 428 g/mol. The van der Waals surface area contributed by atoms with Gasteiger partial charge in [0, 0.05) is 7.11 Å². The average Bonchev–Trinajstić information content (AvgIpc) is 3.19. The first-order valence-corrected chi connectivity index (χ1v) is 9.84. The quantitative estimate of drug-likeness (QED) is 0.518. The number of hydrogen-bond donors (Lipinski definition) is 0. The third-order valence-corrected chi connectivity index (χ3v) is 5.28. The van der Waals surface area contributed by atoms with Gasteiger partial charge in [0.15, 0.2) is 5.82 Å². The van der Waals surface area contributed by atoms with Crippen molar-refractivity contribution in [1.82, 2.24) is 20.3 Å². The Labute approximate surface area is 178 Å². The number of aromatic nitrogens is 4. The molecule has 0 N–H and O–H groups in total. The molecule has 9 heteroatoms. The second-order valence-electron chi connectivity index (χ2n) is 7.56. The molecule has 2 heterocycles. The van der Waals surface area contributed by atoms with E-state index in [1.165, 1.54) is 18.2 Å². The normalized spacial score (nSPS) is 18.1. The van der Waals surface area contributed by atoms with Crippen LogP contribution in [0.5, 0.6) is 0 Å². The van der Waals surface area contributed by atoms with Gasteiger partial charge in [-0.1, -0.05) is 23.4 Å². The highest BCUT2D eigenvalue weighted by atomic mass is 19.1. The molecule has 0 saturated heterocycles. The molecule has 1 aliphatic rings. The van der Waals surface area contributed by atoms with Gasteiger partial charge < -0.3 is 14.0 Å². The maximum Gasteiger partial charge on any atom is 0.252 e. The van der Waals surface area contributed by atoms with Crippen LogP contribution in [0.25, 0.3) is 11.3 Å². The zero-order valence-electron chi connectivity index (χ0n) is 17.3. The molecule has 0 saturated carbocycles. The molecule has 162 valence electrons. The number of nitrogens with zero attached hydrogens (tertiary/aromatic N) is 4. The zero-order chi connectivity index (χ0) is 22.0. The first-order chi connectivity index (χ1) is 15.0. The molecule has 1 aliphatic carbocycles. The lowest BCUT2D eigenvalue weighted by Crippen LogP contribution is -2.23. The molecule has 2 unspecified atom stereocenters. The van der Waals surface area contributed by atoms with Crippen LogP contribution in [0.3, 0.4) is 0 Å². The second-order valence-corrected chi connectivity index (χ2v) is 7.56. The topological polar surface area (TPSA) is 83.2 Å². The summed E-state index contributed by atoms with van der Waals surface area (Å²) in [4.78, 5) is 4.20. The van der Waals surface area contributed by atoms with E-state index in [9.17, 15) is 8.78 Å². The molecule has 1 aromatic carbocycles. The van der Waals surface area contributed by atoms with Crippen LogP contribution < -0.4 is 0 Å². The summed E-state index contributed by atoms with van der Waals surface area (Å²) in [6.45, 7) is 6.36. The summed E-state index contributed by atoms with van der Waals surface area (Å²) in [5.41, 5.74) is 2.41. The van der Waals surface area contributed by atoms with Crippen molar-refractivity contribution in [2.24, 2.45) is 5.92 Å². The van der Waals surface area contributed by atoms with Crippen LogP contribution >= 0.6 is 0 Å². The van der Waals surface area contributed by atoms with Gasteiger partial charge in [-0.2, -0.15) is 10.1 Å². The van der Waals surface area contributed by atoms with Crippen molar-refractivity contribution < 1.29 is 22.8 Å². The Kier molecular flexibility index (Phi) is 6.15. The van der Waals surface area contributed by atoms with Crippen molar-refractivity contribution in [2.45, 2.75) is 39.1 Å². The molecular formula is C22H22F2N4O3. The van der Waals surface area contributed by atoms with E-state index in [-0.39, 0.29) is 30.4 Å². The van der Waals surface area contributed by atoms with Crippen molar-refractivity contribution in [2.75, 3.05) is 7.11 Å². The van der Waals surface area contributed by atoms with Gasteiger partial charge in [-0.15, -0.1) is 5.10 Å². The minimum absolute atomic E-state index is 0.0924. The molecule has 0 aliphatic heterocycles. The molecule has 0 fully saturated rings. The minimum atomic E-state index is -0.683. The van der Waals surface area contributed by atoms with E-state index in [1.54, 1.807) is 13.2 Å². The highest BCUT2D eigenvalue weighted by Crippen LogP contribution is 2.39. The van der Waals surface area contributed by atoms with Crippen molar-refractivity contribution >= 4 is 0 Å². The molecule has 31 heavy (non-hydrogen) atoms. The molecule has 7 nitrogen and oxygen atoms in total. The van der Waals surface area contributed by atoms with Gasteiger partial charge in [0.05, 0.1) is 17.0 Å². The van der Waals surface area contributed by atoms with Crippen LogP contribution in [0.15, 0.2) is 40.9 Å². The summed E-state index contributed by atoms with van der Waals surface area (Å²) >= 11 is 0. The minimum Gasteiger partial charge on any atom is -0.377 e. The number of methoxy groups -OCH3 is 1. The number of ether oxygens (including phenoxy) is 2. The molecule has 0 amide bonds. The SMILES string of the molecule is C=C(C)C1Cc2cc(-c3c(F)cccc3F)nnc2C(OCc2nc(COC)no2)C1. The lowest BCUT2D eigenvalue weighted by atomic mass is 9.81. The molecule has 4 rings (SSSR count). The summed E-state index contributed by atoms with van der Waals surface area (Å²) in [6, 6.07) is 5.39. The summed E-state index contributed by atoms with van der Waals surface area (Å²) in [5.74, 6) is -0.479. The van der Waals surface area contributed by atoms with E-state index in [0.717, 1.165) is 11.1 Å². The van der Waals surface area contributed by atoms with Gasteiger partial charge in [0.2, 0.25) is 0 Å².